The van der Waals surface area contributed by atoms with Crippen molar-refractivity contribution in [2.45, 2.75) is 5.22 Å². The maximum Gasteiger partial charge on any atom is 0.269 e. The summed E-state index contributed by atoms with van der Waals surface area (Å²) < 4.78 is 5.58. The van der Waals surface area contributed by atoms with Crippen LogP contribution in [-0.4, -0.2) is 32.4 Å². The number of non-ortho nitro benzene ring substituents is 1. The van der Waals surface area contributed by atoms with Crippen LogP contribution >= 0.6 is 11.8 Å². The Morgan fingerprint density at radius 2 is 1.94 bits per heavy atom. The summed E-state index contributed by atoms with van der Waals surface area (Å²) in [6.45, 7) is 0. The monoisotopic (exact) mass is 461 g/mol. The highest BCUT2D eigenvalue weighted by atomic mass is 32.2. The number of hydrogen-bond acceptors (Lipinski definition) is 9. The van der Waals surface area contributed by atoms with E-state index in [1.807, 2.05) is 18.2 Å². The zero-order chi connectivity index (χ0) is 23.0. The number of thioether (sulfide) groups is 1. The fourth-order valence-electron chi connectivity index (χ4n) is 2.57. The number of aromatic nitrogens is 2. The molecule has 0 aliphatic rings. The number of oxazole rings is 1. The predicted molar refractivity (Wildman–Crippen MR) is 121 cm³/mol. The van der Waals surface area contributed by atoms with E-state index in [2.05, 4.69) is 30.7 Å². The molecule has 0 atom stereocenters. The number of carbonyl (C=O) groups excluding carboxylic acids is 1. The largest absolute Gasteiger partial charge is 0.431 e. The number of hydrazone groups is 1. The van der Waals surface area contributed by atoms with Gasteiger partial charge in [0.15, 0.2) is 5.58 Å². The van der Waals surface area contributed by atoms with Gasteiger partial charge in [0.2, 0.25) is 5.84 Å². The van der Waals surface area contributed by atoms with Crippen molar-refractivity contribution in [3.8, 4) is 0 Å². The third-order valence-corrected chi connectivity index (χ3v) is 4.96. The van der Waals surface area contributed by atoms with Gasteiger partial charge in [0.05, 0.1) is 16.4 Å². The van der Waals surface area contributed by atoms with Crippen molar-refractivity contribution in [2.75, 3.05) is 5.75 Å². The summed E-state index contributed by atoms with van der Waals surface area (Å²) in [5, 5.41) is 23.3. The summed E-state index contributed by atoms with van der Waals surface area (Å²) in [6, 6.07) is 16.3. The van der Waals surface area contributed by atoms with E-state index in [1.165, 1.54) is 30.5 Å². The molecule has 2 aromatic carbocycles. The summed E-state index contributed by atoms with van der Waals surface area (Å²) in [5.41, 5.74) is 4.64. The third-order valence-electron chi connectivity index (χ3n) is 4.13. The second-order valence-corrected chi connectivity index (χ2v) is 7.35. The molecule has 4 rings (SSSR count). The number of benzene rings is 2. The van der Waals surface area contributed by atoms with E-state index < -0.39 is 10.8 Å². The van der Waals surface area contributed by atoms with Crippen LogP contribution in [0.1, 0.15) is 5.56 Å². The number of pyridine rings is 1. The van der Waals surface area contributed by atoms with Gasteiger partial charge in [-0.2, -0.15) is 5.10 Å². The number of rotatable bonds is 7. The lowest BCUT2D eigenvalue weighted by Crippen LogP contribution is -2.21. The first-order valence-electron chi connectivity index (χ1n) is 9.50. The molecule has 33 heavy (non-hydrogen) atoms. The van der Waals surface area contributed by atoms with Crippen LogP contribution in [0.3, 0.4) is 0 Å². The normalized spacial score (nSPS) is 11.7. The minimum absolute atomic E-state index is 0.0239. The lowest BCUT2D eigenvalue weighted by Gasteiger charge is -2.02. The molecule has 164 valence electrons. The van der Waals surface area contributed by atoms with E-state index in [4.69, 9.17) is 4.42 Å². The van der Waals surface area contributed by atoms with Crippen LogP contribution in [0, 0.1) is 10.1 Å². The van der Waals surface area contributed by atoms with E-state index in [-0.39, 0.29) is 17.3 Å². The summed E-state index contributed by atoms with van der Waals surface area (Å²) in [5.74, 6) is -0.258. The van der Waals surface area contributed by atoms with Crippen molar-refractivity contribution in [3.63, 3.8) is 0 Å². The zero-order valence-electron chi connectivity index (χ0n) is 16.9. The molecule has 0 unspecified atom stereocenters. The first-order chi connectivity index (χ1) is 16.1. The van der Waals surface area contributed by atoms with Gasteiger partial charge in [-0.3, -0.25) is 19.9 Å². The smallest absolute Gasteiger partial charge is 0.269 e. The molecule has 12 heteroatoms. The molecular weight excluding hydrogens is 446 g/mol. The number of fused-ring (bicyclic) bond motifs is 1. The molecule has 0 fully saturated rings. The number of amidine groups is 1. The molecule has 4 aromatic rings. The number of nitrogens with zero attached hydrogens (tertiary/aromatic N) is 6. The number of para-hydroxylation sites is 2. The highest BCUT2D eigenvalue weighted by molar-refractivity contribution is 7.99. The summed E-state index contributed by atoms with van der Waals surface area (Å²) in [7, 11) is 0. The van der Waals surface area contributed by atoms with Gasteiger partial charge in [0.1, 0.15) is 5.52 Å². The van der Waals surface area contributed by atoms with Gasteiger partial charge in [-0.15, -0.1) is 10.2 Å². The topological polar surface area (TPSA) is 148 Å². The quantitative estimate of drug-likeness (QED) is 0.106. The van der Waals surface area contributed by atoms with Gasteiger partial charge in [-0.25, -0.2) is 10.4 Å². The number of amides is 1. The Labute approximate surface area is 190 Å². The SMILES string of the molecule is O=C(CSc1nc2ccccc2o1)N/N=C(\N=Nc1ccc([N+](=O)[O-])cc1)c1cccnc1. The molecule has 0 spiro atoms. The Morgan fingerprint density at radius 3 is 2.67 bits per heavy atom. The average molecular weight is 461 g/mol. The van der Waals surface area contributed by atoms with Gasteiger partial charge in [-0.1, -0.05) is 23.9 Å². The van der Waals surface area contributed by atoms with Crippen LogP contribution < -0.4 is 5.43 Å². The molecule has 0 bridgehead atoms. The lowest BCUT2D eigenvalue weighted by molar-refractivity contribution is -0.384. The van der Waals surface area contributed by atoms with Crippen molar-refractivity contribution >= 4 is 46.0 Å². The average Bonchev–Trinajstić information content (AvgIpc) is 3.27. The zero-order valence-corrected chi connectivity index (χ0v) is 17.7. The van der Waals surface area contributed by atoms with Crippen molar-refractivity contribution in [3.05, 3.63) is 88.7 Å². The third kappa shape index (κ3) is 5.83. The highest BCUT2D eigenvalue weighted by Crippen LogP contribution is 2.23. The van der Waals surface area contributed by atoms with Crippen molar-refractivity contribution < 1.29 is 14.1 Å². The van der Waals surface area contributed by atoms with Gasteiger partial charge >= 0.3 is 0 Å². The van der Waals surface area contributed by atoms with Gasteiger partial charge in [0, 0.05) is 30.1 Å². The molecular formula is C21H15N7O4S. The molecule has 1 N–H and O–H groups in total. The van der Waals surface area contributed by atoms with Crippen LogP contribution in [0.25, 0.3) is 11.1 Å². The molecule has 1 amide bonds. The number of carbonyl (C=O) groups is 1. The number of hydrogen-bond donors (Lipinski definition) is 1. The predicted octanol–water partition coefficient (Wildman–Crippen LogP) is 4.49. The molecule has 11 nitrogen and oxygen atoms in total. The van der Waals surface area contributed by atoms with Crippen molar-refractivity contribution in [2.24, 2.45) is 15.3 Å². The van der Waals surface area contributed by atoms with E-state index in [0.717, 1.165) is 11.8 Å². The molecule has 0 aliphatic carbocycles. The highest BCUT2D eigenvalue weighted by Gasteiger charge is 2.10. The fraction of sp³-hybridized carbons (Fsp3) is 0.0476. The van der Waals surface area contributed by atoms with E-state index in [1.54, 1.807) is 24.4 Å². The molecule has 2 heterocycles. The fourth-order valence-corrected chi connectivity index (χ4v) is 3.20. The van der Waals surface area contributed by atoms with Crippen LogP contribution in [-0.2, 0) is 4.79 Å². The Hall–Kier alpha value is -4.45. The minimum atomic E-state index is -0.502. The molecule has 0 radical (unpaired) electrons. The Morgan fingerprint density at radius 1 is 1.12 bits per heavy atom. The van der Waals surface area contributed by atoms with Gasteiger partial charge in [-0.05, 0) is 36.4 Å². The summed E-state index contributed by atoms with van der Waals surface area (Å²) in [4.78, 5) is 30.9. The Balaban J connectivity index is 1.44. The lowest BCUT2D eigenvalue weighted by atomic mass is 10.3. The molecule has 0 saturated heterocycles. The van der Waals surface area contributed by atoms with Crippen LogP contribution in [0.4, 0.5) is 11.4 Å². The van der Waals surface area contributed by atoms with E-state index in [9.17, 15) is 14.9 Å². The van der Waals surface area contributed by atoms with Crippen molar-refractivity contribution in [1.82, 2.24) is 15.4 Å². The first-order valence-corrected chi connectivity index (χ1v) is 10.5. The van der Waals surface area contributed by atoms with Crippen LogP contribution in [0.5, 0.6) is 0 Å². The molecule has 0 saturated carbocycles. The minimum Gasteiger partial charge on any atom is -0.431 e. The molecule has 2 aromatic heterocycles. The maximum atomic E-state index is 12.3. The standard InChI is InChI=1S/C21H15N7O4S/c29-19(13-33-21-23-17-5-1-2-6-18(17)32-21)25-27-20(14-4-3-11-22-12-14)26-24-15-7-9-16(10-8-15)28(30)31/h1-12H,13H2,(H,25,29)/b26-24?,27-20-. The second-order valence-electron chi connectivity index (χ2n) is 6.42. The van der Waals surface area contributed by atoms with Gasteiger partial charge < -0.3 is 4.42 Å². The second kappa shape index (κ2) is 10.2. The van der Waals surface area contributed by atoms with E-state index >= 15 is 0 Å². The maximum absolute atomic E-state index is 12.3. The Bertz CT molecular complexity index is 1300. The number of nitro benzene ring substituents is 1. The molecule has 0 aliphatic heterocycles. The summed E-state index contributed by atoms with van der Waals surface area (Å²) in [6.07, 6.45) is 3.11. The van der Waals surface area contributed by atoms with Crippen LogP contribution in [0.15, 0.2) is 98.0 Å². The van der Waals surface area contributed by atoms with E-state index in [0.29, 0.717) is 27.6 Å². The first kappa shape index (κ1) is 21.8. The number of nitro groups is 1. The number of nitrogens with one attached hydrogen (secondary N) is 1. The number of azo groups is 1. The summed E-state index contributed by atoms with van der Waals surface area (Å²) >= 11 is 1.14. The van der Waals surface area contributed by atoms with Crippen LogP contribution in [0.2, 0.25) is 0 Å². The van der Waals surface area contributed by atoms with Gasteiger partial charge in [0.25, 0.3) is 16.8 Å². The Kier molecular flexibility index (Phi) is 6.75. The van der Waals surface area contributed by atoms with Crippen molar-refractivity contribution in [1.29, 1.82) is 0 Å².